The van der Waals surface area contributed by atoms with Gasteiger partial charge in [0.05, 0.1) is 12.1 Å². The molecule has 1 amide bonds. The molecule has 2 aromatic heterocycles. The zero-order valence-corrected chi connectivity index (χ0v) is 16.1. The van der Waals surface area contributed by atoms with Gasteiger partial charge in [0.2, 0.25) is 5.91 Å². The first-order valence-electron chi connectivity index (χ1n) is 8.70. The van der Waals surface area contributed by atoms with Gasteiger partial charge in [-0.05, 0) is 19.1 Å². The van der Waals surface area contributed by atoms with Gasteiger partial charge in [0.25, 0.3) is 0 Å². The minimum Gasteiger partial charge on any atom is -0.486 e. The highest BCUT2D eigenvalue weighted by Gasteiger charge is 2.12. The van der Waals surface area contributed by atoms with Crippen LogP contribution in [0, 0.1) is 6.92 Å². The molecule has 6 nitrogen and oxygen atoms in total. The number of rotatable bonds is 9. The number of carbonyl (C=O) groups is 1. The summed E-state index contributed by atoms with van der Waals surface area (Å²) in [5, 5.41) is 5.30. The number of alkyl halides is 2. The van der Waals surface area contributed by atoms with Crippen molar-refractivity contribution in [3.63, 3.8) is 0 Å². The quantitative estimate of drug-likeness (QED) is 0.590. The number of benzene rings is 1. The number of imidazole rings is 1. The summed E-state index contributed by atoms with van der Waals surface area (Å²) in [7, 11) is 0. The smallest absolute Gasteiger partial charge is 0.319 e. The number of amides is 1. The highest BCUT2D eigenvalue weighted by Crippen LogP contribution is 2.16. The van der Waals surface area contributed by atoms with E-state index in [2.05, 4.69) is 15.3 Å². The third-order valence-electron chi connectivity index (χ3n) is 3.95. The van der Waals surface area contributed by atoms with Crippen molar-refractivity contribution >= 4 is 17.2 Å². The molecule has 0 aliphatic carbocycles. The number of aromatic nitrogens is 3. The Kier molecular flexibility index (Phi) is 6.70. The van der Waals surface area contributed by atoms with Crippen LogP contribution in [0.1, 0.15) is 28.6 Å². The molecular formula is C19H20F2N4O2S. The lowest BCUT2D eigenvalue weighted by Crippen LogP contribution is -2.28. The second-order valence-electron chi connectivity index (χ2n) is 6.14. The summed E-state index contributed by atoms with van der Waals surface area (Å²) in [6.45, 7) is -0.0555. The number of hydrogen-bond donors (Lipinski definition) is 1. The lowest BCUT2D eigenvalue weighted by molar-refractivity contribution is -0.120. The molecule has 1 N–H and O–H groups in total. The average Bonchev–Trinajstić information content (AvgIpc) is 3.31. The van der Waals surface area contributed by atoms with Crippen molar-refractivity contribution < 1.29 is 18.3 Å². The van der Waals surface area contributed by atoms with Gasteiger partial charge in [-0.2, -0.15) is 8.78 Å². The molecule has 0 saturated heterocycles. The van der Waals surface area contributed by atoms with Crippen LogP contribution in [0.3, 0.4) is 0 Å². The molecule has 9 heteroatoms. The Morgan fingerprint density at radius 3 is 2.86 bits per heavy atom. The monoisotopic (exact) mass is 406 g/mol. The zero-order valence-electron chi connectivity index (χ0n) is 15.3. The van der Waals surface area contributed by atoms with Gasteiger partial charge >= 0.3 is 6.55 Å². The first-order valence-corrected chi connectivity index (χ1v) is 9.58. The molecule has 0 unspecified atom stereocenters. The van der Waals surface area contributed by atoms with Crippen molar-refractivity contribution in [3.8, 4) is 5.75 Å². The maximum atomic E-state index is 12.7. The molecule has 0 radical (unpaired) electrons. The fourth-order valence-electron chi connectivity index (χ4n) is 2.53. The lowest BCUT2D eigenvalue weighted by Gasteiger charge is -2.07. The summed E-state index contributed by atoms with van der Waals surface area (Å²) in [6.07, 6.45) is 2.90. The van der Waals surface area contributed by atoms with E-state index >= 15 is 0 Å². The molecule has 3 rings (SSSR count). The van der Waals surface area contributed by atoms with Gasteiger partial charge in [0.15, 0.2) is 0 Å². The SMILES string of the molecule is Cc1ccc(OCc2nc(CC(=O)NCCc3nccn3C(F)F)cs2)cc1. The minimum atomic E-state index is -2.64. The predicted octanol–water partition coefficient (Wildman–Crippen LogP) is 3.52. The molecule has 0 saturated carbocycles. The zero-order chi connectivity index (χ0) is 19.9. The van der Waals surface area contributed by atoms with Crippen molar-refractivity contribution in [1.82, 2.24) is 19.9 Å². The standard InChI is InChI=1S/C19H20F2N4O2S/c1-13-2-4-15(5-3-13)27-11-18-24-14(12-28-18)10-17(26)23-7-6-16-22-8-9-25(16)19(20)21/h2-5,8-9,12,19H,6-7,10-11H2,1H3,(H,23,26). The van der Waals surface area contributed by atoms with Crippen LogP contribution in [0.4, 0.5) is 8.78 Å². The van der Waals surface area contributed by atoms with E-state index in [-0.39, 0.29) is 31.1 Å². The summed E-state index contributed by atoms with van der Waals surface area (Å²) < 4.78 is 32.0. The molecule has 0 aliphatic rings. The van der Waals surface area contributed by atoms with Gasteiger partial charge in [-0.1, -0.05) is 17.7 Å². The molecule has 2 heterocycles. The molecule has 0 fully saturated rings. The number of thiazole rings is 1. The topological polar surface area (TPSA) is 69.0 Å². The highest BCUT2D eigenvalue weighted by molar-refractivity contribution is 7.09. The molecule has 0 aliphatic heterocycles. The predicted molar refractivity (Wildman–Crippen MR) is 102 cm³/mol. The van der Waals surface area contributed by atoms with Crippen molar-refractivity contribution in [1.29, 1.82) is 0 Å². The molecule has 28 heavy (non-hydrogen) atoms. The molecule has 1 aromatic carbocycles. The highest BCUT2D eigenvalue weighted by atomic mass is 32.1. The Hall–Kier alpha value is -2.81. The first-order chi connectivity index (χ1) is 13.5. The molecule has 148 valence electrons. The number of hydrogen-bond acceptors (Lipinski definition) is 5. The number of carbonyl (C=O) groups excluding carboxylic acids is 1. The molecule has 3 aromatic rings. The third-order valence-corrected chi connectivity index (χ3v) is 4.83. The van der Waals surface area contributed by atoms with E-state index in [0.29, 0.717) is 12.3 Å². The van der Waals surface area contributed by atoms with Crippen LogP contribution in [-0.4, -0.2) is 27.0 Å². The fourth-order valence-corrected chi connectivity index (χ4v) is 3.24. The summed E-state index contributed by atoms with van der Waals surface area (Å²) in [5.74, 6) is 0.785. The number of aryl methyl sites for hydroxylation is 1. The summed E-state index contributed by atoms with van der Waals surface area (Å²) in [5.41, 5.74) is 1.81. The Bertz CT molecular complexity index is 909. The van der Waals surface area contributed by atoms with E-state index < -0.39 is 6.55 Å². The van der Waals surface area contributed by atoms with E-state index in [1.165, 1.54) is 23.7 Å². The largest absolute Gasteiger partial charge is 0.486 e. The van der Waals surface area contributed by atoms with E-state index in [0.717, 1.165) is 20.9 Å². The van der Waals surface area contributed by atoms with E-state index in [4.69, 9.17) is 4.74 Å². The summed E-state index contributed by atoms with van der Waals surface area (Å²) in [6, 6.07) is 7.74. The first kappa shape index (κ1) is 19.9. The second kappa shape index (κ2) is 9.41. The Morgan fingerprint density at radius 1 is 1.32 bits per heavy atom. The van der Waals surface area contributed by atoms with Crippen LogP contribution in [0.2, 0.25) is 0 Å². The Labute approximate surface area is 165 Å². The Morgan fingerprint density at radius 2 is 2.11 bits per heavy atom. The molecule has 0 bridgehead atoms. The summed E-state index contributed by atoms with van der Waals surface area (Å²) in [4.78, 5) is 20.3. The van der Waals surface area contributed by atoms with Crippen molar-refractivity contribution in [3.05, 3.63) is 64.1 Å². The van der Waals surface area contributed by atoms with Crippen LogP contribution in [-0.2, 0) is 24.2 Å². The minimum absolute atomic E-state index is 0.129. The van der Waals surface area contributed by atoms with Gasteiger partial charge in [-0.3, -0.25) is 9.36 Å². The normalized spacial score (nSPS) is 11.0. The van der Waals surface area contributed by atoms with Gasteiger partial charge < -0.3 is 10.1 Å². The summed E-state index contributed by atoms with van der Waals surface area (Å²) >= 11 is 1.43. The fraction of sp³-hybridized carbons (Fsp3) is 0.316. The number of halogens is 2. The van der Waals surface area contributed by atoms with Gasteiger partial charge in [0.1, 0.15) is 23.2 Å². The van der Waals surface area contributed by atoms with Crippen LogP contribution in [0.25, 0.3) is 0 Å². The molecule has 0 spiro atoms. The molecular weight excluding hydrogens is 386 g/mol. The van der Waals surface area contributed by atoms with Crippen LogP contribution in [0.15, 0.2) is 42.0 Å². The maximum Gasteiger partial charge on any atom is 0.319 e. The van der Waals surface area contributed by atoms with Crippen molar-refractivity contribution in [2.45, 2.75) is 32.9 Å². The van der Waals surface area contributed by atoms with Crippen LogP contribution in [0.5, 0.6) is 5.75 Å². The van der Waals surface area contributed by atoms with Crippen molar-refractivity contribution in [2.75, 3.05) is 6.54 Å². The number of nitrogens with zero attached hydrogens (tertiary/aromatic N) is 3. The Balaban J connectivity index is 1.42. The van der Waals surface area contributed by atoms with Gasteiger partial charge in [0, 0.05) is 30.7 Å². The van der Waals surface area contributed by atoms with E-state index in [9.17, 15) is 13.6 Å². The van der Waals surface area contributed by atoms with Crippen molar-refractivity contribution in [2.24, 2.45) is 0 Å². The number of nitrogens with one attached hydrogen (secondary N) is 1. The van der Waals surface area contributed by atoms with E-state index in [1.807, 2.05) is 36.6 Å². The number of ether oxygens (including phenoxy) is 1. The third kappa shape index (κ3) is 5.59. The van der Waals surface area contributed by atoms with Crippen LogP contribution >= 0.6 is 11.3 Å². The second-order valence-corrected chi connectivity index (χ2v) is 7.08. The lowest BCUT2D eigenvalue weighted by atomic mass is 10.2. The molecule has 0 atom stereocenters. The van der Waals surface area contributed by atoms with E-state index in [1.54, 1.807) is 0 Å². The average molecular weight is 406 g/mol. The van der Waals surface area contributed by atoms with Crippen LogP contribution < -0.4 is 10.1 Å². The van der Waals surface area contributed by atoms with Gasteiger partial charge in [-0.15, -0.1) is 11.3 Å². The van der Waals surface area contributed by atoms with Gasteiger partial charge in [-0.25, -0.2) is 9.97 Å². The maximum absolute atomic E-state index is 12.7.